The van der Waals surface area contributed by atoms with Crippen LogP contribution in [-0.4, -0.2) is 12.6 Å². The first-order valence-corrected chi connectivity index (χ1v) is 6.59. The van der Waals surface area contributed by atoms with Crippen molar-refractivity contribution in [1.29, 1.82) is 0 Å². The van der Waals surface area contributed by atoms with E-state index < -0.39 is 7.52 Å². The van der Waals surface area contributed by atoms with Crippen LogP contribution in [0.1, 0.15) is 13.8 Å². The lowest BCUT2D eigenvalue weighted by molar-refractivity contribution is 0.327. The molecule has 0 spiro atoms. The van der Waals surface area contributed by atoms with Gasteiger partial charge in [-0.1, -0.05) is 31.2 Å². The molecule has 1 N–H and O–H groups in total. The van der Waals surface area contributed by atoms with E-state index in [0.717, 1.165) is 0 Å². The Balaban J connectivity index is 2.68. The van der Waals surface area contributed by atoms with Crippen molar-refractivity contribution in [2.45, 2.75) is 19.9 Å². The smallest absolute Gasteiger partial charge is 0.309 e. The predicted molar refractivity (Wildman–Crippen MR) is 62.4 cm³/mol. The van der Waals surface area contributed by atoms with Crippen molar-refractivity contribution in [2.24, 2.45) is 5.92 Å². The van der Waals surface area contributed by atoms with Gasteiger partial charge in [-0.2, -0.15) is 0 Å². The second-order valence-electron chi connectivity index (χ2n) is 3.38. The number of terminal acetylenes is 1. The first kappa shape index (κ1) is 12.3. The number of hydrogen-bond acceptors (Lipinski definition) is 2. The molecule has 3 unspecified atom stereocenters. The topological polar surface area (TPSA) is 38.3 Å². The number of hydrogen-bond donors (Lipinski definition) is 1. The van der Waals surface area contributed by atoms with Crippen LogP contribution in [0.2, 0.25) is 0 Å². The van der Waals surface area contributed by atoms with E-state index in [9.17, 15) is 4.57 Å². The Morgan fingerprint density at radius 3 is 2.73 bits per heavy atom. The van der Waals surface area contributed by atoms with Crippen molar-refractivity contribution in [2.75, 3.05) is 6.61 Å². The zero-order valence-corrected chi connectivity index (χ0v) is 9.91. The quantitative estimate of drug-likeness (QED) is 0.590. The molecule has 1 aliphatic carbocycles. The molecular weight excluding hydrogens is 209 g/mol. The molecule has 0 bridgehead atoms. The minimum atomic E-state index is -3.11. The van der Waals surface area contributed by atoms with E-state index >= 15 is 0 Å². The van der Waals surface area contributed by atoms with E-state index in [4.69, 9.17) is 10.9 Å². The van der Waals surface area contributed by atoms with Gasteiger partial charge in [0.25, 0.3) is 0 Å². The summed E-state index contributed by atoms with van der Waals surface area (Å²) in [6.45, 7) is 4.14. The lowest BCUT2D eigenvalue weighted by atomic mass is 9.98. The largest absolute Gasteiger partial charge is 0.343 e. The van der Waals surface area contributed by atoms with E-state index in [1.54, 1.807) is 6.92 Å². The highest BCUT2D eigenvalue weighted by atomic mass is 31.2. The maximum atomic E-state index is 12.0. The fraction of sp³-hybridized carbons (Fsp3) is 0.455. The lowest BCUT2D eigenvalue weighted by Crippen LogP contribution is -2.31. The van der Waals surface area contributed by atoms with Crippen LogP contribution < -0.4 is 5.09 Å². The predicted octanol–water partition coefficient (Wildman–Crippen LogP) is 2.53. The van der Waals surface area contributed by atoms with Gasteiger partial charge in [0, 0.05) is 11.7 Å². The number of allylic oxidation sites excluding steroid dienone is 2. The summed E-state index contributed by atoms with van der Waals surface area (Å²) in [7, 11) is -3.11. The zero-order valence-electron chi connectivity index (χ0n) is 9.01. The molecule has 0 aliphatic heterocycles. The third-order valence-corrected chi connectivity index (χ3v) is 3.81. The number of rotatable bonds is 4. The Morgan fingerprint density at radius 2 is 2.20 bits per heavy atom. The number of nitrogens with one attached hydrogen (secondary N) is 1. The highest BCUT2D eigenvalue weighted by Crippen LogP contribution is 2.42. The van der Waals surface area contributed by atoms with Gasteiger partial charge in [0.05, 0.1) is 6.61 Å². The van der Waals surface area contributed by atoms with Crippen LogP contribution >= 0.6 is 7.52 Å². The fourth-order valence-corrected chi connectivity index (χ4v) is 2.67. The third kappa shape index (κ3) is 3.35. The minimum Gasteiger partial charge on any atom is -0.309 e. The summed E-state index contributed by atoms with van der Waals surface area (Å²) < 4.78 is 17.0. The summed E-state index contributed by atoms with van der Waals surface area (Å²) in [4.78, 5) is 0. The molecule has 1 aliphatic rings. The molecule has 0 aromatic heterocycles. The van der Waals surface area contributed by atoms with E-state index in [2.05, 4.69) is 10.7 Å². The maximum absolute atomic E-state index is 12.0. The molecule has 82 valence electrons. The molecule has 0 aromatic carbocycles. The molecule has 15 heavy (non-hydrogen) atoms. The monoisotopic (exact) mass is 225 g/mol. The van der Waals surface area contributed by atoms with E-state index in [-0.39, 0.29) is 12.0 Å². The zero-order chi connectivity index (χ0) is 11.3. The van der Waals surface area contributed by atoms with Gasteiger partial charge in [0.1, 0.15) is 0 Å². The summed E-state index contributed by atoms with van der Waals surface area (Å²) in [5.41, 5.74) is 2.21. The molecule has 4 heteroatoms. The van der Waals surface area contributed by atoms with Gasteiger partial charge in [-0.25, -0.2) is 5.09 Å². The van der Waals surface area contributed by atoms with Crippen molar-refractivity contribution in [3.63, 3.8) is 0 Å². The molecular formula is C11H16NO2P. The summed E-state index contributed by atoms with van der Waals surface area (Å²) in [6.07, 6.45) is 13.1. The van der Waals surface area contributed by atoms with Crippen LogP contribution in [0.25, 0.3) is 0 Å². The standard InChI is InChI=1S/C11H16NO2P/c1-4-14-15(13,5-2)12-11-9-7-6-8-10(11)3/h2,6-11H,4H2,1,3H3,(H,12,13). The first-order chi connectivity index (χ1) is 7.11. The van der Waals surface area contributed by atoms with Crippen LogP contribution in [0.4, 0.5) is 0 Å². The normalized spacial score (nSPS) is 28.3. The van der Waals surface area contributed by atoms with Crippen LogP contribution in [0.15, 0.2) is 24.3 Å². The van der Waals surface area contributed by atoms with Crippen molar-refractivity contribution < 1.29 is 9.09 Å². The lowest BCUT2D eigenvalue weighted by Gasteiger charge is -2.24. The molecule has 3 nitrogen and oxygen atoms in total. The van der Waals surface area contributed by atoms with E-state index in [0.29, 0.717) is 6.61 Å². The molecule has 1 rings (SSSR count). The average Bonchev–Trinajstić information content (AvgIpc) is 2.22. The van der Waals surface area contributed by atoms with Gasteiger partial charge in [-0.3, -0.25) is 4.57 Å². The van der Waals surface area contributed by atoms with Gasteiger partial charge in [0.2, 0.25) is 0 Å². The summed E-state index contributed by atoms with van der Waals surface area (Å²) in [5, 5.41) is 2.89. The minimum absolute atomic E-state index is 0.0246. The van der Waals surface area contributed by atoms with Crippen LogP contribution in [0, 0.1) is 18.0 Å². The fourth-order valence-electron chi connectivity index (χ4n) is 1.37. The maximum Gasteiger partial charge on any atom is 0.343 e. The van der Waals surface area contributed by atoms with Crippen LogP contribution in [-0.2, 0) is 9.09 Å². The SMILES string of the molecule is C#CP(=O)(NC1C=CC=CC1C)OCC. The Hall–Kier alpha value is -0.810. The third-order valence-electron chi connectivity index (χ3n) is 2.21. The van der Waals surface area contributed by atoms with Crippen molar-refractivity contribution in [3.05, 3.63) is 24.3 Å². The summed E-state index contributed by atoms with van der Waals surface area (Å²) in [6, 6.07) is -0.0246. The Bertz CT molecular complexity index is 354. The van der Waals surface area contributed by atoms with Crippen LogP contribution in [0.5, 0.6) is 0 Å². The van der Waals surface area contributed by atoms with Gasteiger partial charge < -0.3 is 4.52 Å². The molecule has 0 saturated carbocycles. The molecule has 0 saturated heterocycles. The Kier molecular flexibility index (Phi) is 4.35. The second kappa shape index (κ2) is 5.32. The van der Waals surface area contributed by atoms with E-state index in [1.165, 1.54) is 0 Å². The van der Waals surface area contributed by atoms with Crippen molar-refractivity contribution in [1.82, 2.24) is 5.09 Å². The molecule has 0 aromatic rings. The van der Waals surface area contributed by atoms with Crippen LogP contribution in [0.3, 0.4) is 0 Å². The Morgan fingerprint density at radius 1 is 1.53 bits per heavy atom. The summed E-state index contributed by atoms with van der Waals surface area (Å²) >= 11 is 0. The van der Waals surface area contributed by atoms with Gasteiger partial charge in [-0.05, 0) is 12.8 Å². The second-order valence-corrected chi connectivity index (χ2v) is 5.26. The molecule has 0 heterocycles. The van der Waals surface area contributed by atoms with Gasteiger partial charge in [0.15, 0.2) is 0 Å². The average molecular weight is 225 g/mol. The molecule has 3 atom stereocenters. The summed E-state index contributed by atoms with van der Waals surface area (Å²) in [5.74, 6) is 0.261. The van der Waals surface area contributed by atoms with Gasteiger partial charge in [-0.15, -0.1) is 6.42 Å². The first-order valence-electron chi connectivity index (χ1n) is 4.96. The molecule has 0 fully saturated rings. The van der Waals surface area contributed by atoms with Crippen molar-refractivity contribution >= 4 is 7.52 Å². The highest BCUT2D eigenvalue weighted by molar-refractivity contribution is 7.62. The highest BCUT2D eigenvalue weighted by Gasteiger charge is 2.25. The van der Waals surface area contributed by atoms with Crippen molar-refractivity contribution in [3.8, 4) is 12.1 Å². The van der Waals surface area contributed by atoms with Gasteiger partial charge >= 0.3 is 7.52 Å². The Labute approximate surface area is 91.1 Å². The molecule has 0 amide bonds. The molecule has 0 radical (unpaired) electrons. The van der Waals surface area contributed by atoms with E-state index in [1.807, 2.05) is 31.2 Å².